The van der Waals surface area contributed by atoms with Crippen LogP contribution < -0.4 is 24.4 Å². The highest BCUT2D eigenvalue weighted by atomic mass is 35.5. The third-order valence-corrected chi connectivity index (χ3v) is 9.84. The number of thiazole rings is 1. The van der Waals surface area contributed by atoms with E-state index in [9.17, 15) is 9.59 Å². The fourth-order valence-corrected chi connectivity index (χ4v) is 7.50. The number of carbonyl (C=O) groups is 1. The molecule has 0 N–H and O–H groups in total. The standard InChI is InChI=1S/C38H28ClN3O5S/c1-2-45-37(44)33-34(23-10-4-3-5-11-23)40-38-42(35(33)24-16-17-30-31(18-24)47-22-46-30)36(43)32(48-38)19-26-21-41(29-15-9-7-13-27(26)29)20-25-12-6-8-14-28(25)39/h3-19,21,35H,2,20,22H2,1H3/b32-19+/t35-/m0/s1. The Bertz CT molecular complexity index is 2440. The number of ether oxygens (including phenoxy) is 3. The van der Waals surface area contributed by atoms with Crippen LogP contribution in [0.15, 0.2) is 119 Å². The fraction of sp³-hybridized carbons (Fsp3) is 0.132. The molecule has 0 spiro atoms. The number of rotatable bonds is 7. The number of para-hydroxylation sites is 1. The molecule has 0 aliphatic carbocycles. The normalized spacial score (nSPS) is 15.5. The number of benzene rings is 4. The van der Waals surface area contributed by atoms with Crippen LogP contribution in [0.5, 0.6) is 11.5 Å². The fourth-order valence-electron chi connectivity index (χ4n) is 6.31. The Hall–Kier alpha value is -5.38. The molecule has 4 heterocycles. The molecule has 2 aliphatic rings. The molecule has 2 aliphatic heterocycles. The molecule has 0 unspecified atom stereocenters. The summed E-state index contributed by atoms with van der Waals surface area (Å²) in [6.07, 6.45) is 3.95. The van der Waals surface area contributed by atoms with Crippen LogP contribution in [0.25, 0.3) is 22.7 Å². The van der Waals surface area contributed by atoms with Gasteiger partial charge in [0.05, 0.1) is 28.5 Å². The van der Waals surface area contributed by atoms with Crippen LogP contribution in [-0.4, -0.2) is 28.5 Å². The zero-order valence-corrected chi connectivity index (χ0v) is 27.3. The van der Waals surface area contributed by atoms with Gasteiger partial charge in [0.25, 0.3) is 5.56 Å². The van der Waals surface area contributed by atoms with Crippen LogP contribution in [0.3, 0.4) is 0 Å². The summed E-state index contributed by atoms with van der Waals surface area (Å²) >= 11 is 7.81. The van der Waals surface area contributed by atoms with Crippen molar-refractivity contribution in [2.45, 2.75) is 19.5 Å². The minimum atomic E-state index is -0.825. The van der Waals surface area contributed by atoms with Gasteiger partial charge in [0.15, 0.2) is 16.3 Å². The number of esters is 1. The SMILES string of the molecule is CCOC(=O)C1=C(c2ccccc2)N=c2s/c(=C/c3cn(Cc4ccccc4Cl)c4ccccc34)c(=O)n2[C@H]1c1ccc2c(c1)OCO2. The molecule has 0 saturated heterocycles. The first-order valence-corrected chi connectivity index (χ1v) is 16.7. The van der Waals surface area contributed by atoms with Gasteiger partial charge in [0.2, 0.25) is 6.79 Å². The summed E-state index contributed by atoms with van der Waals surface area (Å²) < 4.78 is 21.1. The van der Waals surface area contributed by atoms with Crippen molar-refractivity contribution in [1.29, 1.82) is 0 Å². The molecule has 0 bridgehead atoms. The molecule has 10 heteroatoms. The molecule has 48 heavy (non-hydrogen) atoms. The summed E-state index contributed by atoms with van der Waals surface area (Å²) in [6, 6.07) is 30.0. The first-order chi connectivity index (χ1) is 23.5. The first kappa shape index (κ1) is 30.0. The maximum absolute atomic E-state index is 14.5. The third kappa shape index (κ3) is 5.21. The molecule has 1 atom stereocenters. The Morgan fingerprint density at radius 3 is 2.60 bits per heavy atom. The number of aromatic nitrogens is 2. The number of hydrogen-bond acceptors (Lipinski definition) is 7. The Morgan fingerprint density at radius 1 is 1.00 bits per heavy atom. The van der Waals surface area contributed by atoms with E-state index < -0.39 is 12.0 Å². The molecule has 8 nitrogen and oxygen atoms in total. The molecule has 6 aromatic rings. The minimum Gasteiger partial charge on any atom is -0.463 e. The van der Waals surface area contributed by atoms with Crippen LogP contribution in [0, 0.1) is 0 Å². The molecule has 0 saturated carbocycles. The first-order valence-electron chi connectivity index (χ1n) is 15.5. The van der Waals surface area contributed by atoms with Gasteiger partial charge in [0, 0.05) is 39.8 Å². The summed E-state index contributed by atoms with van der Waals surface area (Å²) in [5, 5.41) is 1.69. The second kappa shape index (κ2) is 12.3. The van der Waals surface area contributed by atoms with Crippen molar-refractivity contribution in [3.05, 3.63) is 156 Å². The summed E-state index contributed by atoms with van der Waals surface area (Å²) in [7, 11) is 0. The second-order valence-electron chi connectivity index (χ2n) is 11.4. The van der Waals surface area contributed by atoms with E-state index in [1.807, 2.05) is 97.2 Å². The van der Waals surface area contributed by atoms with Gasteiger partial charge >= 0.3 is 5.97 Å². The molecule has 2 aromatic heterocycles. The van der Waals surface area contributed by atoms with Gasteiger partial charge in [-0.2, -0.15) is 0 Å². The second-order valence-corrected chi connectivity index (χ2v) is 12.8. The molecule has 0 fully saturated rings. The van der Waals surface area contributed by atoms with Crippen molar-refractivity contribution in [3.8, 4) is 11.5 Å². The quantitative estimate of drug-likeness (QED) is 0.185. The molecule has 238 valence electrons. The molecular formula is C38H28ClN3O5S. The lowest BCUT2D eigenvalue weighted by Gasteiger charge is -2.26. The summed E-state index contributed by atoms with van der Waals surface area (Å²) in [5.74, 6) is 0.603. The zero-order valence-electron chi connectivity index (χ0n) is 25.8. The maximum Gasteiger partial charge on any atom is 0.338 e. The Kier molecular flexibility index (Phi) is 7.70. The van der Waals surface area contributed by atoms with E-state index in [2.05, 4.69) is 10.6 Å². The van der Waals surface area contributed by atoms with Gasteiger partial charge in [-0.3, -0.25) is 9.36 Å². The smallest absolute Gasteiger partial charge is 0.338 e. The number of fused-ring (bicyclic) bond motifs is 3. The molecular weight excluding hydrogens is 646 g/mol. The van der Waals surface area contributed by atoms with E-state index in [1.54, 1.807) is 17.6 Å². The van der Waals surface area contributed by atoms with Gasteiger partial charge in [-0.05, 0) is 48.4 Å². The monoisotopic (exact) mass is 673 g/mol. The molecule has 0 radical (unpaired) electrons. The van der Waals surface area contributed by atoms with Crippen molar-refractivity contribution in [1.82, 2.24) is 9.13 Å². The number of nitrogens with zero attached hydrogens (tertiary/aromatic N) is 3. The van der Waals surface area contributed by atoms with E-state index in [1.165, 1.54) is 11.3 Å². The van der Waals surface area contributed by atoms with E-state index in [0.29, 0.717) is 43.7 Å². The lowest BCUT2D eigenvalue weighted by Crippen LogP contribution is -2.40. The average Bonchev–Trinajstić information content (AvgIpc) is 3.81. The minimum absolute atomic E-state index is 0.0987. The van der Waals surface area contributed by atoms with Gasteiger partial charge < -0.3 is 18.8 Å². The van der Waals surface area contributed by atoms with Crippen LogP contribution in [0.1, 0.15) is 35.2 Å². The van der Waals surface area contributed by atoms with Crippen molar-refractivity contribution in [3.63, 3.8) is 0 Å². The van der Waals surface area contributed by atoms with Crippen molar-refractivity contribution >= 4 is 51.6 Å². The predicted molar refractivity (Wildman–Crippen MR) is 186 cm³/mol. The molecule has 4 aromatic carbocycles. The summed E-state index contributed by atoms with van der Waals surface area (Å²) in [6.45, 7) is 2.60. The highest BCUT2D eigenvalue weighted by Crippen LogP contribution is 2.40. The summed E-state index contributed by atoms with van der Waals surface area (Å²) in [5.41, 5.74) is 4.79. The Balaban J connectivity index is 1.35. The van der Waals surface area contributed by atoms with Gasteiger partial charge in [-0.15, -0.1) is 0 Å². The van der Waals surface area contributed by atoms with Crippen molar-refractivity contribution in [2.24, 2.45) is 4.99 Å². The number of carbonyl (C=O) groups excluding carboxylic acids is 1. The van der Waals surface area contributed by atoms with Gasteiger partial charge in [0.1, 0.15) is 0 Å². The van der Waals surface area contributed by atoms with E-state index in [-0.39, 0.29) is 24.5 Å². The Morgan fingerprint density at radius 2 is 1.77 bits per heavy atom. The zero-order chi connectivity index (χ0) is 32.8. The highest BCUT2D eigenvalue weighted by Gasteiger charge is 2.36. The number of hydrogen-bond donors (Lipinski definition) is 0. The third-order valence-electron chi connectivity index (χ3n) is 8.49. The molecule has 0 amide bonds. The lowest BCUT2D eigenvalue weighted by molar-refractivity contribution is -0.138. The molecule has 8 rings (SSSR count). The van der Waals surface area contributed by atoms with Crippen LogP contribution in [-0.2, 0) is 16.1 Å². The van der Waals surface area contributed by atoms with Gasteiger partial charge in [-0.25, -0.2) is 9.79 Å². The van der Waals surface area contributed by atoms with Crippen LogP contribution in [0.4, 0.5) is 0 Å². The highest BCUT2D eigenvalue weighted by molar-refractivity contribution is 7.07. The van der Waals surface area contributed by atoms with Crippen molar-refractivity contribution in [2.75, 3.05) is 13.4 Å². The Labute approximate surface area is 284 Å². The van der Waals surface area contributed by atoms with E-state index >= 15 is 0 Å². The van der Waals surface area contributed by atoms with Crippen LogP contribution in [0.2, 0.25) is 5.02 Å². The van der Waals surface area contributed by atoms with Gasteiger partial charge in [-0.1, -0.05) is 95.7 Å². The van der Waals surface area contributed by atoms with E-state index in [0.717, 1.165) is 27.6 Å². The predicted octanol–water partition coefficient (Wildman–Crippen LogP) is 6.32. The van der Waals surface area contributed by atoms with Crippen molar-refractivity contribution < 1.29 is 19.0 Å². The topological polar surface area (TPSA) is 84.1 Å². The summed E-state index contributed by atoms with van der Waals surface area (Å²) in [4.78, 5) is 33.8. The average molecular weight is 674 g/mol. The maximum atomic E-state index is 14.5. The van der Waals surface area contributed by atoms with Crippen LogP contribution >= 0.6 is 22.9 Å². The largest absolute Gasteiger partial charge is 0.463 e. The van der Waals surface area contributed by atoms with E-state index in [4.69, 9.17) is 30.8 Å². The lowest BCUT2D eigenvalue weighted by atomic mass is 9.93. The number of halogens is 1.